The predicted molar refractivity (Wildman–Crippen MR) is 118 cm³/mol. The molecule has 0 aliphatic heterocycles. The maximum atomic E-state index is 12.5. The zero-order chi connectivity index (χ0) is 20.6. The number of allylic oxidation sites excluding steroid dienone is 1. The molecular weight excluding hydrogens is 384 g/mol. The van der Waals surface area contributed by atoms with E-state index in [4.69, 9.17) is 16.1 Å². The Morgan fingerprint density at radius 1 is 1.17 bits per heavy atom. The first kappa shape index (κ1) is 20.9. The number of hydrogen-bond acceptors (Lipinski definition) is 3. The molecule has 0 radical (unpaired) electrons. The van der Waals surface area contributed by atoms with E-state index in [1.165, 1.54) is 11.1 Å². The Kier molecular flexibility index (Phi) is 7.25. The van der Waals surface area contributed by atoms with E-state index in [9.17, 15) is 4.79 Å². The fourth-order valence-electron chi connectivity index (χ4n) is 3.13. The van der Waals surface area contributed by atoms with Crippen LogP contribution < -0.4 is 5.32 Å². The maximum absolute atomic E-state index is 12.5. The highest BCUT2D eigenvalue weighted by atomic mass is 35.5. The third-order valence-electron chi connectivity index (χ3n) is 4.71. The second-order valence-electron chi connectivity index (χ2n) is 6.93. The molecule has 1 aromatic heterocycles. The van der Waals surface area contributed by atoms with Gasteiger partial charge in [-0.2, -0.15) is 0 Å². The van der Waals surface area contributed by atoms with Crippen LogP contribution in [-0.2, 0) is 0 Å². The molecule has 29 heavy (non-hydrogen) atoms. The fourth-order valence-corrected chi connectivity index (χ4v) is 3.30. The lowest BCUT2D eigenvalue weighted by molar-refractivity contribution is 0.0918. The van der Waals surface area contributed by atoms with Crippen LogP contribution in [0.4, 0.5) is 0 Å². The van der Waals surface area contributed by atoms with Gasteiger partial charge in [0.1, 0.15) is 5.69 Å². The molecule has 3 aromatic rings. The lowest BCUT2D eigenvalue weighted by atomic mass is 9.96. The molecule has 0 saturated carbocycles. The minimum atomic E-state index is -0.266. The number of amides is 1. The summed E-state index contributed by atoms with van der Waals surface area (Å²) in [5, 5.41) is 7.64. The van der Waals surface area contributed by atoms with Gasteiger partial charge in [0.25, 0.3) is 5.91 Å². The number of carbonyl (C=O) groups excluding carboxylic acids is 1. The summed E-state index contributed by atoms with van der Waals surface area (Å²) in [5.41, 5.74) is 5.05. The minimum Gasteiger partial charge on any atom is -0.350 e. The van der Waals surface area contributed by atoms with E-state index in [0.29, 0.717) is 23.7 Å². The van der Waals surface area contributed by atoms with E-state index in [1.54, 1.807) is 6.07 Å². The molecule has 4 nitrogen and oxygen atoms in total. The van der Waals surface area contributed by atoms with Crippen LogP contribution in [0.15, 0.2) is 65.2 Å². The summed E-state index contributed by atoms with van der Waals surface area (Å²) in [5.74, 6) is -0.0563. The highest BCUT2D eigenvalue weighted by Crippen LogP contribution is 2.26. The van der Waals surface area contributed by atoms with Crippen molar-refractivity contribution in [3.05, 3.63) is 82.6 Å². The van der Waals surface area contributed by atoms with Crippen LogP contribution in [0.25, 0.3) is 16.8 Å². The van der Waals surface area contributed by atoms with Crippen LogP contribution in [-0.4, -0.2) is 17.6 Å². The monoisotopic (exact) mass is 408 g/mol. The van der Waals surface area contributed by atoms with Gasteiger partial charge in [-0.15, -0.1) is 0 Å². The van der Waals surface area contributed by atoms with Gasteiger partial charge >= 0.3 is 0 Å². The van der Waals surface area contributed by atoms with Crippen molar-refractivity contribution in [3.63, 3.8) is 0 Å². The predicted octanol–water partition coefficient (Wildman–Crippen LogP) is 6.31. The lowest BCUT2D eigenvalue weighted by Gasteiger charge is -2.12. The van der Waals surface area contributed by atoms with Crippen molar-refractivity contribution in [1.29, 1.82) is 0 Å². The number of aryl methyl sites for hydroxylation is 1. The number of carbonyl (C=O) groups is 1. The zero-order valence-electron chi connectivity index (χ0n) is 16.7. The molecular formula is C24H25ClN2O2. The Hall–Kier alpha value is -2.85. The maximum Gasteiger partial charge on any atom is 0.289 e. The summed E-state index contributed by atoms with van der Waals surface area (Å²) in [7, 11) is 0. The molecule has 0 bridgehead atoms. The highest BCUT2D eigenvalue weighted by Gasteiger charge is 2.14. The summed E-state index contributed by atoms with van der Waals surface area (Å²) in [6.45, 7) is 4.72. The Bertz CT molecular complexity index is 993. The van der Waals surface area contributed by atoms with E-state index >= 15 is 0 Å². The first-order chi connectivity index (χ1) is 14.1. The number of halogens is 1. The van der Waals surface area contributed by atoms with Crippen molar-refractivity contribution in [3.8, 4) is 11.3 Å². The summed E-state index contributed by atoms with van der Waals surface area (Å²) < 4.78 is 5.23. The summed E-state index contributed by atoms with van der Waals surface area (Å²) in [6.07, 6.45) is 4.99. The molecule has 0 fully saturated rings. The van der Waals surface area contributed by atoms with Gasteiger partial charge in [-0.25, -0.2) is 0 Å². The van der Waals surface area contributed by atoms with Crippen molar-refractivity contribution >= 4 is 23.1 Å². The summed E-state index contributed by atoms with van der Waals surface area (Å²) in [6, 6.07) is 17.2. The molecule has 5 heteroatoms. The summed E-state index contributed by atoms with van der Waals surface area (Å²) in [4.78, 5) is 12.5. The Morgan fingerprint density at radius 3 is 2.72 bits per heavy atom. The van der Waals surface area contributed by atoms with Crippen LogP contribution in [0.5, 0.6) is 0 Å². The number of hydrogen-bond donors (Lipinski definition) is 1. The lowest BCUT2D eigenvalue weighted by Crippen LogP contribution is -2.24. The van der Waals surface area contributed by atoms with Crippen molar-refractivity contribution in [2.75, 3.05) is 6.54 Å². The topological polar surface area (TPSA) is 55.1 Å². The normalized spacial score (nSPS) is 11.5. The van der Waals surface area contributed by atoms with Gasteiger partial charge in [0, 0.05) is 23.2 Å². The number of aromatic nitrogens is 1. The smallest absolute Gasteiger partial charge is 0.289 e. The van der Waals surface area contributed by atoms with Crippen molar-refractivity contribution in [1.82, 2.24) is 10.5 Å². The van der Waals surface area contributed by atoms with Gasteiger partial charge in [0.05, 0.1) is 0 Å². The zero-order valence-corrected chi connectivity index (χ0v) is 17.5. The van der Waals surface area contributed by atoms with Crippen LogP contribution in [0.3, 0.4) is 0 Å². The Morgan fingerprint density at radius 2 is 1.97 bits per heavy atom. The van der Waals surface area contributed by atoms with E-state index in [0.717, 1.165) is 24.0 Å². The van der Waals surface area contributed by atoms with E-state index < -0.39 is 0 Å². The largest absolute Gasteiger partial charge is 0.350 e. The number of rotatable bonds is 8. The van der Waals surface area contributed by atoms with Crippen LogP contribution >= 0.6 is 11.6 Å². The number of nitrogens with one attached hydrogen (secondary N) is 1. The molecule has 0 spiro atoms. The molecule has 0 saturated heterocycles. The SMILES string of the molecule is CCC/C=C(/CCNC(=O)c1cc(-c2ccccc2)no1)c1cc(Cl)ccc1C. The van der Waals surface area contributed by atoms with Crippen molar-refractivity contribution in [2.45, 2.75) is 33.1 Å². The van der Waals surface area contributed by atoms with Gasteiger partial charge in [-0.1, -0.05) is 72.6 Å². The quantitative estimate of drug-likeness (QED) is 0.475. The van der Waals surface area contributed by atoms with Crippen LogP contribution in [0, 0.1) is 6.92 Å². The standard InChI is InChI=1S/C24H25ClN2O2/c1-3-4-8-18(21-15-20(25)12-11-17(21)2)13-14-26-24(28)23-16-22(27-29-23)19-9-6-5-7-10-19/h5-12,15-16H,3-4,13-14H2,1-2H3,(H,26,28)/b18-8-. The molecule has 1 N–H and O–H groups in total. The molecule has 1 heterocycles. The fraction of sp³-hybridized carbons (Fsp3) is 0.250. The molecule has 3 rings (SSSR count). The molecule has 0 atom stereocenters. The molecule has 2 aromatic carbocycles. The third-order valence-corrected chi connectivity index (χ3v) is 4.94. The van der Waals surface area contributed by atoms with Gasteiger partial charge in [-0.05, 0) is 48.6 Å². The average molecular weight is 409 g/mol. The molecule has 0 aliphatic carbocycles. The molecule has 1 amide bonds. The van der Waals surface area contributed by atoms with Crippen LogP contribution in [0.2, 0.25) is 5.02 Å². The minimum absolute atomic E-state index is 0.210. The van der Waals surface area contributed by atoms with Gasteiger partial charge in [0.2, 0.25) is 5.76 Å². The van der Waals surface area contributed by atoms with Gasteiger partial charge < -0.3 is 9.84 Å². The highest BCUT2D eigenvalue weighted by molar-refractivity contribution is 6.30. The second-order valence-corrected chi connectivity index (χ2v) is 7.36. The van der Waals surface area contributed by atoms with E-state index in [-0.39, 0.29) is 11.7 Å². The van der Waals surface area contributed by atoms with Gasteiger partial charge in [-0.3, -0.25) is 4.79 Å². The van der Waals surface area contributed by atoms with Crippen molar-refractivity contribution < 1.29 is 9.32 Å². The summed E-state index contributed by atoms with van der Waals surface area (Å²) >= 11 is 6.20. The second kappa shape index (κ2) is 10.1. The number of unbranched alkanes of at least 4 members (excludes halogenated alkanes) is 1. The number of benzene rings is 2. The van der Waals surface area contributed by atoms with Gasteiger partial charge in [0.15, 0.2) is 0 Å². The van der Waals surface area contributed by atoms with Crippen LogP contribution in [0.1, 0.15) is 47.9 Å². The molecule has 150 valence electrons. The third kappa shape index (κ3) is 5.58. The Balaban J connectivity index is 1.64. The Labute approximate surface area is 176 Å². The first-order valence-corrected chi connectivity index (χ1v) is 10.2. The van der Waals surface area contributed by atoms with Crippen molar-refractivity contribution in [2.24, 2.45) is 0 Å². The number of nitrogens with zero attached hydrogens (tertiary/aromatic N) is 1. The van der Waals surface area contributed by atoms with E-state index in [1.807, 2.05) is 48.5 Å². The molecule has 0 unspecified atom stereocenters. The first-order valence-electron chi connectivity index (χ1n) is 9.84. The molecule has 0 aliphatic rings. The average Bonchev–Trinajstić information content (AvgIpc) is 3.23. The van der Waals surface area contributed by atoms with E-state index in [2.05, 4.69) is 30.4 Å².